The number of carbonyl (C=O) groups excluding carboxylic acids is 1. The highest BCUT2D eigenvalue weighted by Gasteiger charge is 2.36. The fraction of sp³-hybridized carbons (Fsp3) is 0.562. The molecule has 3 aliphatic rings. The molecule has 1 unspecified atom stereocenters. The van der Waals surface area contributed by atoms with E-state index in [1.54, 1.807) is 0 Å². The third-order valence-electron chi connectivity index (χ3n) is 4.36. The second-order valence-corrected chi connectivity index (χ2v) is 6.12. The number of nitrogens with one attached hydrogen (secondary N) is 1. The minimum absolute atomic E-state index is 0.252. The van der Waals surface area contributed by atoms with Crippen molar-refractivity contribution < 1.29 is 14.3 Å². The van der Waals surface area contributed by atoms with E-state index < -0.39 is 0 Å². The summed E-state index contributed by atoms with van der Waals surface area (Å²) in [6.45, 7) is 0.309. The lowest BCUT2D eigenvalue weighted by atomic mass is 10.0. The fourth-order valence-corrected chi connectivity index (χ4v) is 2.80. The van der Waals surface area contributed by atoms with Gasteiger partial charge in [-0.1, -0.05) is 6.07 Å². The first-order chi connectivity index (χ1) is 9.79. The fourth-order valence-electron chi connectivity index (χ4n) is 2.80. The molecule has 0 aromatic heterocycles. The summed E-state index contributed by atoms with van der Waals surface area (Å²) in [6, 6.07) is 6.36. The Morgan fingerprint density at radius 2 is 2.00 bits per heavy atom. The molecule has 2 aliphatic carbocycles. The number of ether oxygens (including phenoxy) is 2. The van der Waals surface area contributed by atoms with Gasteiger partial charge in [0.15, 0.2) is 11.5 Å². The zero-order valence-corrected chi connectivity index (χ0v) is 11.4. The maximum atomic E-state index is 12.0. The van der Waals surface area contributed by atoms with E-state index in [0.717, 1.165) is 30.8 Å². The Hall–Kier alpha value is -1.71. The average molecular weight is 273 g/mol. The van der Waals surface area contributed by atoms with Crippen LogP contribution in [0.5, 0.6) is 11.5 Å². The van der Waals surface area contributed by atoms with E-state index in [4.69, 9.17) is 9.47 Å². The number of carbonyl (C=O) groups is 1. The van der Waals surface area contributed by atoms with Gasteiger partial charge in [0.05, 0.1) is 0 Å². The lowest BCUT2D eigenvalue weighted by Crippen LogP contribution is -2.38. The molecule has 1 atom stereocenters. The van der Waals surface area contributed by atoms with Crippen LogP contribution >= 0.6 is 0 Å². The highest BCUT2D eigenvalue weighted by atomic mass is 16.7. The van der Waals surface area contributed by atoms with Crippen molar-refractivity contribution >= 4 is 5.91 Å². The van der Waals surface area contributed by atoms with Crippen LogP contribution in [0.4, 0.5) is 0 Å². The Morgan fingerprint density at radius 3 is 2.75 bits per heavy atom. The molecule has 1 aliphatic heterocycles. The van der Waals surface area contributed by atoms with Crippen molar-refractivity contribution in [1.82, 2.24) is 5.32 Å². The third kappa shape index (κ3) is 2.47. The van der Waals surface area contributed by atoms with Gasteiger partial charge in [-0.3, -0.25) is 4.79 Å². The molecule has 4 heteroatoms. The van der Waals surface area contributed by atoms with Gasteiger partial charge in [0.2, 0.25) is 12.7 Å². The van der Waals surface area contributed by atoms with E-state index in [2.05, 4.69) is 11.4 Å². The molecule has 4 nitrogen and oxygen atoms in total. The third-order valence-corrected chi connectivity index (χ3v) is 4.36. The Bertz CT molecular complexity index is 535. The van der Waals surface area contributed by atoms with E-state index in [9.17, 15) is 4.79 Å². The smallest absolute Gasteiger partial charge is 0.231 e. The SMILES string of the molecule is O=C(NC(Cc1ccc2c(c1)OCO2)C1CC1)C1CC1. The summed E-state index contributed by atoms with van der Waals surface area (Å²) in [5, 5.41) is 3.25. The Labute approximate surface area is 118 Å². The van der Waals surface area contributed by atoms with Gasteiger partial charge in [0.1, 0.15) is 0 Å². The Balaban J connectivity index is 1.45. The monoisotopic (exact) mass is 273 g/mol. The molecular formula is C16H19NO3. The number of amides is 1. The van der Waals surface area contributed by atoms with Crippen LogP contribution in [-0.2, 0) is 11.2 Å². The first kappa shape index (κ1) is 12.1. The first-order valence-corrected chi connectivity index (χ1v) is 7.48. The summed E-state index contributed by atoms with van der Waals surface area (Å²) >= 11 is 0. The summed E-state index contributed by atoms with van der Waals surface area (Å²) in [6.07, 6.45) is 5.49. The van der Waals surface area contributed by atoms with Crippen molar-refractivity contribution in [1.29, 1.82) is 0 Å². The number of hydrogen-bond acceptors (Lipinski definition) is 3. The predicted octanol–water partition coefficient (Wildman–Crippen LogP) is 2.26. The molecule has 20 heavy (non-hydrogen) atoms. The molecule has 0 saturated heterocycles. The van der Waals surface area contributed by atoms with Crippen LogP contribution in [0.1, 0.15) is 31.2 Å². The molecule has 1 amide bonds. The lowest BCUT2D eigenvalue weighted by molar-refractivity contribution is -0.123. The average Bonchev–Trinajstić information content (AvgIpc) is 3.33. The molecule has 106 valence electrons. The van der Waals surface area contributed by atoms with Crippen LogP contribution in [-0.4, -0.2) is 18.7 Å². The van der Waals surface area contributed by atoms with Crippen LogP contribution in [0.2, 0.25) is 0 Å². The molecule has 0 radical (unpaired) electrons. The normalized spacial score (nSPS) is 21.6. The maximum Gasteiger partial charge on any atom is 0.231 e. The number of fused-ring (bicyclic) bond motifs is 1. The molecule has 0 spiro atoms. The minimum atomic E-state index is 0.252. The van der Waals surface area contributed by atoms with Crippen molar-refractivity contribution in [3.05, 3.63) is 23.8 Å². The van der Waals surface area contributed by atoms with E-state index in [0.29, 0.717) is 12.7 Å². The lowest BCUT2D eigenvalue weighted by Gasteiger charge is -2.18. The second kappa shape index (κ2) is 4.69. The van der Waals surface area contributed by atoms with Crippen molar-refractivity contribution in [3.8, 4) is 11.5 Å². The largest absolute Gasteiger partial charge is 0.454 e. The number of hydrogen-bond donors (Lipinski definition) is 1. The zero-order chi connectivity index (χ0) is 13.5. The molecule has 1 aromatic carbocycles. The van der Waals surface area contributed by atoms with Crippen molar-refractivity contribution in [3.63, 3.8) is 0 Å². The van der Waals surface area contributed by atoms with Gasteiger partial charge in [-0.15, -0.1) is 0 Å². The Kier molecular flexibility index (Phi) is 2.83. The quantitative estimate of drug-likeness (QED) is 0.895. The van der Waals surface area contributed by atoms with E-state index >= 15 is 0 Å². The first-order valence-electron chi connectivity index (χ1n) is 7.48. The molecule has 2 saturated carbocycles. The van der Waals surface area contributed by atoms with Crippen molar-refractivity contribution in [2.24, 2.45) is 11.8 Å². The van der Waals surface area contributed by atoms with Gasteiger partial charge in [-0.2, -0.15) is 0 Å². The van der Waals surface area contributed by atoms with Crippen LogP contribution in [0.3, 0.4) is 0 Å². The van der Waals surface area contributed by atoms with Crippen LogP contribution in [0.15, 0.2) is 18.2 Å². The zero-order valence-electron chi connectivity index (χ0n) is 11.4. The molecule has 4 rings (SSSR count). The summed E-state index contributed by atoms with van der Waals surface area (Å²) in [7, 11) is 0. The van der Waals surface area contributed by atoms with Crippen molar-refractivity contribution in [2.45, 2.75) is 38.1 Å². The van der Waals surface area contributed by atoms with Gasteiger partial charge in [0.25, 0.3) is 0 Å². The van der Waals surface area contributed by atoms with Crippen LogP contribution in [0, 0.1) is 11.8 Å². The minimum Gasteiger partial charge on any atom is -0.454 e. The van der Waals surface area contributed by atoms with Gasteiger partial charge in [-0.05, 0) is 55.7 Å². The summed E-state index contributed by atoms with van der Waals surface area (Å²) in [5.41, 5.74) is 1.21. The standard InChI is InChI=1S/C16H19NO3/c18-16(12-4-5-12)17-13(11-2-3-11)7-10-1-6-14-15(8-10)20-9-19-14/h1,6,8,11-13H,2-5,7,9H2,(H,17,18). The molecular weight excluding hydrogens is 254 g/mol. The molecule has 0 bridgehead atoms. The predicted molar refractivity (Wildman–Crippen MR) is 73.6 cm³/mol. The Morgan fingerprint density at radius 1 is 1.20 bits per heavy atom. The van der Waals surface area contributed by atoms with Crippen LogP contribution < -0.4 is 14.8 Å². The summed E-state index contributed by atoms with van der Waals surface area (Å²) in [4.78, 5) is 12.0. The van der Waals surface area contributed by atoms with Gasteiger partial charge < -0.3 is 14.8 Å². The highest BCUT2D eigenvalue weighted by Crippen LogP contribution is 2.37. The number of benzene rings is 1. The van der Waals surface area contributed by atoms with Gasteiger partial charge >= 0.3 is 0 Å². The maximum absolute atomic E-state index is 12.0. The van der Waals surface area contributed by atoms with Gasteiger partial charge in [-0.25, -0.2) is 0 Å². The van der Waals surface area contributed by atoms with E-state index in [-0.39, 0.29) is 17.9 Å². The summed E-state index contributed by atoms with van der Waals surface area (Å²) < 4.78 is 10.7. The van der Waals surface area contributed by atoms with E-state index in [1.807, 2.05) is 12.1 Å². The van der Waals surface area contributed by atoms with Crippen molar-refractivity contribution in [2.75, 3.05) is 6.79 Å². The second-order valence-electron chi connectivity index (χ2n) is 6.12. The van der Waals surface area contributed by atoms with E-state index in [1.165, 1.54) is 18.4 Å². The molecule has 1 N–H and O–H groups in total. The molecule has 1 aromatic rings. The topological polar surface area (TPSA) is 47.6 Å². The molecule has 2 fully saturated rings. The summed E-state index contributed by atoms with van der Waals surface area (Å²) in [5.74, 6) is 2.84. The number of rotatable bonds is 5. The van der Waals surface area contributed by atoms with Crippen LogP contribution in [0.25, 0.3) is 0 Å². The molecule has 1 heterocycles. The van der Waals surface area contributed by atoms with Gasteiger partial charge in [0, 0.05) is 12.0 Å². The highest BCUT2D eigenvalue weighted by molar-refractivity contribution is 5.81.